The van der Waals surface area contributed by atoms with Gasteiger partial charge in [-0.2, -0.15) is 0 Å². The van der Waals surface area contributed by atoms with Gasteiger partial charge in [-0.05, 0) is 56.8 Å². The standard InChI is InChI=1S/C20H30N2O2.ClH/c1-22-15-16-24-18-9-5-4-8-17(18)7-3-2-6-10-20(19(22)23)11-13-21-14-12-20;/h4-5,8-9,21H,2-3,6-7,10-16H2,1H3;1H. The van der Waals surface area contributed by atoms with Gasteiger partial charge in [0, 0.05) is 7.05 Å². The molecule has 0 atom stereocenters. The number of hydrogen-bond donors (Lipinski definition) is 1. The molecule has 4 nitrogen and oxygen atoms in total. The highest BCUT2D eigenvalue weighted by Crippen LogP contribution is 2.37. The molecule has 5 heteroatoms. The van der Waals surface area contributed by atoms with E-state index in [9.17, 15) is 4.79 Å². The van der Waals surface area contributed by atoms with Crippen LogP contribution in [-0.4, -0.2) is 44.1 Å². The number of para-hydroxylation sites is 1. The summed E-state index contributed by atoms with van der Waals surface area (Å²) in [7, 11) is 1.93. The number of piperidine rings is 1. The number of benzene rings is 1. The molecular formula is C20H31ClN2O2. The Morgan fingerprint density at radius 1 is 1.08 bits per heavy atom. The molecule has 1 N–H and O–H groups in total. The van der Waals surface area contributed by atoms with Crippen LogP contribution < -0.4 is 10.1 Å². The van der Waals surface area contributed by atoms with Gasteiger partial charge in [0.15, 0.2) is 0 Å². The fourth-order valence-electron chi connectivity index (χ4n) is 4.08. The minimum absolute atomic E-state index is 0. The summed E-state index contributed by atoms with van der Waals surface area (Å²) in [5, 5.41) is 3.40. The third-order valence-corrected chi connectivity index (χ3v) is 5.62. The predicted molar refractivity (Wildman–Crippen MR) is 104 cm³/mol. The molecule has 1 saturated heterocycles. The van der Waals surface area contributed by atoms with E-state index >= 15 is 0 Å². The third-order valence-electron chi connectivity index (χ3n) is 5.62. The topological polar surface area (TPSA) is 41.6 Å². The summed E-state index contributed by atoms with van der Waals surface area (Å²) in [6.07, 6.45) is 7.52. The minimum atomic E-state index is -0.152. The van der Waals surface area contributed by atoms with Crippen molar-refractivity contribution in [2.24, 2.45) is 5.41 Å². The summed E-state index contributed by atoms with van der Waals surface area (Å²) >= 11 is 0. The van der Waals surface area contributed by atoms with Gasteiger partial charge < -0.3 is 15.0 Å². The van der Waals surface area contributed by atoms with E-state index in [4.69, 9.17) is 4.74 Å². The van der Waals surface area contributed by atoms with Gasteiger partial charge in [-0.3, -0.25) is 4.79 Å². The van der Waals surface area contributed by atoms with Gasteiger partial charge in [0.05, 0.1) is 12.0 Å². The highest BCUT2D eigenvalue weighted by atomic mass is 35.5. The molecule has 0 unspecified atom stereocenters. The number of aryl methyl sites for hydroxylation is 1. The fourth-order valence-corrected chi connectivity index (χ4v) is 4.08. The lowest BCUT2D eigenvalue weighted by atomic mass is 9.73. The van der Waals surface area contributed by atoms with Crippen molar-refractivity contribution >= 4 is 18.3 Å². The third kappa shape index (κ3) is 4.89. The van der Waals surface area contributed by atoms with Crippen molar-refractivity contribution in [3.05, 3.63) is 29.8 Å². The van der Waals surface area contributed by atoms with Crippen LogP contribution in [0.4, 0.5) is 0 Å². The average molecular weight is 367 g/mol. The molecule has 2 aliphatic heterocycles. The molecule has 1 aromatic carbocycles. The molecule has 0 bridgehead atoms. The lowest BCUT2D eigenvalue weighted by molar-refractivity contribution is -0.143. The van der Waals surface area contributed by atoms with Crippen molar-refractivity contribution in [3.63, 3.8) is 0 Å². The quantitative estimate of drug-likeness (QED) is 0.764. The van der Waals surface area contributed by atoms with Gasteiger partial charge >= 0.3 is 0 Å². The summed E-state index contributed by atoms with van der Waals surface area (Å²) in [4.78, 5) is 15.0. The van der Waals surface area contributed by atoms with Gasteiger partial charge in [-0.1, -0.05) is 31.0 Å². The minimum Gasteiger partial charge on any atom is -0.491 e. The Labute approximate surface area is 157 Å². The predicted octanol–water partition coefficient (Wildman–Crippen LogP) is 3.43. The van der Waals surface area contributed by atoms with Crippen LogP contribution in [-0.2, 0) is 11.2 Å². The highest BCUT2D eigenvalue weighted by molar-refractivity contribution is 5.85. The number of carbonyl (C=O) groups is 1. The first-order valence-electron chi connectivity index (χ1n) is 9.38. The molecule has 1 spiro atoms. The van der Waals surface area contributed by atoms with Crippen molar-refractivity contribution in [2.45, 2.75) is 44.9 Å². The maximum absolute atomic E-state index is 13.1. The summed E-state index contributed by atoms with van der Waals surface area (Å²) in [5.74, 6) is 1.30. The number of rotatable bonds is 0. The summed E-state index contributed by atoms with van der Waals surface area (Å²) in [6.45, 7) is 3.14. The first-order valence-corrected chi connectivity index (χ1v) is 9.38. The molecule has 0 aliphatic carbocycles. The van der Waals surface area contributed by atoms with Crippen LogP contribution in [0.3, 0.4) is 0 Å². The van der Waals surface area contributed by atoms with Crippen LogP contribution >= 0.6 is 12.4 Å². The fraction of sp³-hybridized carbons (Fsp3) is 0.650. The molecule has 1 fully saturated rings. The van der Waals surface area contributed by atoms with Gasteiger partial charge in [-0.25, -0.2) is 0 Å². The Kier molecular flexibility index (Phi) is 7.57. The maximum atomic E-state index is 13.1. The molecule has 0 radical (unpaired) electrons. The number of nitrogens with zero attached hydrogens (tertiary/aromatic N) is 1. The number of fused-ring (bicyclic) bond motifs is 1. The van der Waals surface area contributed by atoms with E-state index in [1.165, 1.54) is 18.4 Å². The van der Waals surface area contributed by atoms with E-state index in [0.717, 1.165) is 50.9 Å². The summed E-state index contributed by atoms with van der Waals surface area (Å²) < 4.78 is 5.99. The molecule has 2 heterocycles. The zero-order valence-corrected chi connectivity index (χ0v) is 16.1. The number of amides is 1. The SMILES string of the molecule is CN1CCOc2ccccc2CCCCCC2(CCNCC2)C1=O.Cl. The maximum Gasteiger partial charge on any atom is 0.228 e. The summed E-state index contributed by atoms with van der Waals surface area (Å²) in [6, 6.07) is 8.32. The van der Waals surface area contributed by atoms with Crippen LogP contribution in [0.25, 0.3) is 0 Å². The lowest BCUT2D eigenvalue weighted by Crippen LogP contribution is -2.49. The van der Waals surface area contributed by atoms with E-state index in [1.807, 2.05) is 24.1 Å². The Balaban J connectivity index is 0.00000225. The lowest BCUT2D eigenvalue weighted by Gasteiger charge is -2.39. The van der Waals surface area contributed by atoms with Gasteiger partial charge in [0.2, 0.25) is 5.91 Å². The molecule has 1 aromatic rings. The second-order valence-corrected chi connectivity index (χ2v) is 7.27. The number of hydrogen-bond acceptors (Lipinski definition) is 3. The number of likely N-dealkylation sites (N-methyl/N-ethyl adjacent to an activating group) is 1. The molecule has 2 aliphatic rings. The number of halogens is 1. The van der Waals surface area contributed by atoms with E-state index < -0.39 is 0 Å². The van der Waals surface area contributed by atoms with Crippen LogP contribution in [0.2, 0.25) is 0 Å². The number of carbonyl (C=O) groups excluding carboxylic acids is 1. The molecule has 25 heavy (non-hydrogen) atoms. The Morgan fingerprint density at radius 3 is 2.64 bits per heavy atom. The van der Waals surface area contributed by atoms with Crippen molar-refractivity contribution in [2.75, 3.05) is 33.3 Å². The monoisotopic (exact) mass is 366 g/mol. The van der Waals surface area contributed by atoms with E-state index in [0.29, 0.717) is 19.1 Å². The van der Waals surface area contributed by atoms with Crippen LogP contribution in [0.5, 0.6) is 5.75 Å². The van der Waals surface area contributed by atoms with Crippen molar-refractivity contribution in [1.82, 2.24) is 10.2 Å². The molecule has 140 valence electrons. The van der Waals surface area contributed by atoms with Crippen LogP contribution in [0.1, 0.15) is 44.1 Å². The largest absolute Gasteiger partial charge is 0.491 e. The Hall–Kier alpha value is -1.26. The van der Waals surface area contributed by atoms with Gasteiger partial charge in [-0.15, -0.1) is 12.4 Å². The normalized spacial score (nSPS) is 21.8. The molecule has 3 rings (SSSR count). The van der Waals surface area contributed by atoms with E-state index in [2.05, 4.69) is 17.4 Å². The average Bonchev–Trinajstić information content (AvgIpc) is 2.62. The van der Waals surface area contributed by atoms with E-state index in [-0.39, 0.29) is 17.8 Å². The van der Waals surface area contributed by atoms with E-state index in [1.54, 1.807) is 0 Å². The molecule has 1 amide bonds. The number of nitrogens with one attached hydrogen (secondary N) is 1. The van der Waals surface area contributed by atoms with Crippen LogP contribution in [0, 0.1) is 5.41 Å². The van der Waals surface area contributed by atoms with Crippen molar-refractivity contribution in [1.29, 1.82) is 0 Å². The van der Waals surface area contributed by atoms with Crippen LogP contribution in [0.15, 0.2) is 24.3 Å². The first-order chi connectivity index (χ1) is 11.7. The second-order valence-electron chi connectivity index (χ2n) is 7.27. The first kappa shape index (κ1) is 20.1. The smallest absolute Gasteiger partial charge is 0.228 e. The zero-order valence-electron chi connectivity index (χ0n) is 15.3. The van der Waals surface area contributed by atoms with Crippen molar-refractivity contribution in [3.8, 4) is 5.75 Å². The highest BCUT2D eigenvalue weighted by Gasteiger charge is 2.40. The Bertz CT molecular complexity index is 558. The zero-order chi connectivity index (χ0) is 16.8. The second kappa shape index (κ2) is 9.44. The Morgan fingerprint density at radius 2 is 1.84 bits per heavy atom. The van der Waals surface area contributed by atoms with Gasteiger partial charge in [0.25, 0.3) is 0 Å². The molecular weight excluding hydrogens is 336 g/mol. The molecule has 0 aromatic heterocycles. The molecule has 0 saturated carbocycles. The van der Waals surface area contributed by atoms with Crippen molar-refractivity contribution < 1.29 is 9.53 Å². The number of ether oxygens (including phenoxy) is 1. The summed E-state index contributed by atoms with van der Waals surface area (Å²) in [5.41, 5.74) is 1.14. The van der Waals surface area contributed by atoms with Gasteiger partial charge in [0.1, 0.15) is 12.4 Å².